The Morgan fingerprint density at radius 3 is 2.40 bits per heavy atom. The maximum atomic E-state index is 11.7. The quantitative estimate of drug-likeness (QED) is 0.767. The van der Waals surface area contributed by atoms with E-state index in [4.69, 9.17) is 0 Å². The Balaban J connectivity index is 1.77. The lowest BCUT2D eigenvalue weighted by atomic mass is 9.83. The van der Waals surface area contributed by atoms with Gasteiger partial charge in [-0.25, -0.2) is 0 Å². The van der Waals surface area contributed by atoms with Crippen LogP contribution in [0.3, 0.4) is 0 Å². The summed E-state index contributed by atoms with van der Waals surface area (Å²) >= 11 is 0. The standard InChI is InChI=1S/C22H24N2O/c1-14-22(3,4)19-13-17(7-9-21(19)23(14)5)16-6-8-20-18(12-16)10-11-24(20)15(2)25/h6-9,12-13H,1,10-11H2,2-5H3. The molecule has 2 aliphatic rings. The molecular formula is C22H24N2O. The number of fused-ring (bicyclic) bond motifs is 2. The highest BCUT2D eigenvalue weighted by Crippen LogP contribution is 2.47. The van der Waals surface area contributed by atoms with Crippen molar-refractivity contribution in [1.82, 2.24) is 0 Å². The van der Waals surface area contributed by atoms with Crippen molar-refractivity contribution in [3.8, 4) is 11.1 Å². The number of anilines is 2. The molecule has 0 spiro atoms. The van der Waals surface area contributed by atoms with Crippen molar-refractivity contribution in [2.75, 3.05) is 23.4 Å². The van der Waals surface area contributed by atoms with Crippen molar-refractivity contribution in [3.05, 3.63) is 59.8 Å². The van der Waals surface area contributed by atoms with Gasteiger partial charge in [-0.3, -0.25) is 4.79 Å². The predicted octanol–water partition coefficient (Wildman–Crippen LogP) is 4.50. The van der Waals surface area contributed by atoms with Crippen LogP contribution in [0.5, 0.6) is 0 Å². The summed E-state index contributed by atoms with van der Waals surface area (Å²) in [5.74, 6) is 0.118. The molecular weight excluding hydrogens is 308 g/mol. The second-order valence-corrected chi connectivity index (χ2v) is 7.63. The van der Waals surface area contributed by atoms with Crippen LogP contribution in [0.25, 0.3) is 11.1 Å². The maximum Gasteiger partial charge on any atom is 0.223 e. The number of benzene rings is 2. The van der Waals surface area contributed by atoms with E-state index < -0.39 is 0 Å². The largest absolute Gasteiger partial charge is 0.348 e. The molecule has 2 aliphatic heterocycles. The van der Waals surface area contributed by atoms with Crippen LogP contribution in [0.1, 0.15) is 31.9 Å². The Hall–Kier alpha value is -2.55. The van der Waals surface area contributed by atoms with E-state index in [-0.39, 0.29) is 11.3 Å². The van der Waals surface area contributed by atoms with E-state index in [9.17, 15) is 4.79 Å². The molecule has 0 N–H and O–H groups in total. The van der Waals surface area contributed by atoms with Crippen LogP contribution in [0.15, 0.2) is 48.7 Å². The van der Waals surface area contributed by atoms with Gasteiger partial charge in [0.15, 0.2) is 0 Å². The summed E-state index contributed by atoms with van der Waals surface area (Å²) in [5, 5.41) is 0. The van der Waals surface area contributed by atoms with Gasteiger partial charge >= 0.3 is 0 Å². The fourth-order valence-corrected chi connectivity index (χ4v) is 4.14. The van der Waals surface area contributed by atoms with Gasteiger partial charge in [-0.1, -0.05) is 32.6 Å². The summed E-state index contributed by atoms with van der Waals surface area (Å²) in [7, 11) is 2.08. The zero-order valence-corrected chi connectivity index (χ0v) is 15.4. The Morgan fingerprint density at radius 1 is 1.08 bits per heavy atom. The van der Waals surface area contributed by atoms with Gasteiger partial charge in [0.2, 0.25) is 5.91 Å². The van der Waals surface area contributed by atoms with Gasteiger partial charge in [0.05, 0.1) is 0 Å². The molecule has 1 amide bonds. The van der Waals surface area contributed by atoms with E-state index in [0.29, 0.717) is 0 Å². The van der Waals surface area contributed by atoms with Gasteiger partial charge in [0.1, 0.15) is 0 Å². The van der Waals surface area contributed by atoms with Crippen LogP contribution >= 0.6 is 0 Å². The number of rotatable bonds is 1. The van der Waals surface area contributed by atoms with Crippen molar-refractivity contribution in [2.24, 2.45) is 0 Å². The molecule has 0 radical (unpaired) electrons. The van der Waals surface area contributed by atoms with Crippen LogP contribution in [0.4, 0.5) is 11.4 Å². The second-order valence-electron chi connectivity index (χ2n) is 7.63. The SMILES string of the molecule is C=C1N(C)c2ccc(-c3ccc4c(c3)CCN4C(C)=O)cc2C1(C)C. The highest BCUT2D eigenvalue weighted by atomic mass is 16.2. The Bertz CT molecular complexity index is 910. The molecule has 2 heterocycles. The molecule has 0 atom stereocenters. The average Bonchev–Trinajstić information content (AvgIpc) is 3.09. The highest BCUT2D eigenvalue weighted by molar-refractivity contribution is 5.94. The second kappa shape index (κ2) is 5.22. The average molecular weight is 332 g/mol. The Labute approximate surface area is 149 Å². The van der Waals surface area contributed by atoms with Gasteiger partial charge < -0.3 is 9.80 Å². The summed E-state index contributed by atoms with van der Waals surface area (Å²) in [6, 6.07) is 13.1. The molecule has 0 fully saturated rings. The summed E-state index contributed by atoms with van der Waals surface area (Å²) < 4.78 is 0. The first-order valence-corrected chi connectivity index (χ1v) is 8.80. The molecule has 2 aromatic carbocycles. The fraction of sp³-hybridized carbons (Fsp3) is 0.318. The molecule has 25 heavy (non-hydrogen) atoms. The third kappa shape index (κ3) is 2.22. The fourth-order valence-electron chi connectivity index (χ4n) is 4.14. The molecule has 3 nitrogen and oxygen atoms in total. The minimum atomic E-state index is -0.0533. The first-order valence-electron chi connectivity index (χ1n) is 8.80. The van der Waals surface area contributed by atoms with Gasteiger partial charge in [-0.05, 0) is 52.9 Å². The molecule has 0 unspecified atom stereocenters. The molecule has 3 heteroatoms. The lowest BCUT2D eigenvalue weighted by molar-refractivity contribution is -0.116. The lowest BCUT2D eigenvalue weighted by Gasteiger charge is -2.22. The topological polar surface area (TPSA) is 23.6 Å². The molecule has 0 saturated carbocycles. The number of hydrogen-bond donors (Lipinski definition) is 0. The van der Waals surface area contributed by atoms with E-state index in [1.165, 1.54) is 27.9 Å². The van der Waals surface area contributed by atoms with E-state index in [1.807, 2.05) is 4.90 Å². The maximum absolute atomic E-state index is 11.7. The molecule has 128 valence electrons. The third-order valence-electron chi connectivity index (χ3n) is 5.85. The normalized spacial score (nSPS) is 17.7. The van der Waals surface area contributed by atoms with Crippen LogP contribution in [-0.4, -0.2) is 19.5 Å². The van der Waals surface area contributed by atoms with Crippen LogP contribution in [-0.2, 0) is 16.6 Å². The van der Waals surface area contributed by atoms with Crippen molar-refractivity contribution in [1.29, 1.82) is 0 Å². The number of likely N-dealkylation sites (N-methyl/N-ethyl adjacent to an activating group) is 1. The van der Waals surface area contributed by atoms with Crippen molar-refractivity contribution < 1.29 is 4.79 Å². The Kier molecular flexibility index (Phi) is 3.33. The molecule has 0 saturated heterocycles. The number of carbonyl (C=O) groups is 1. The number of hydrogen-bond acceptors (Lipinski definition) is 2. The third-order valence-corrected chi connectivity index (χ3v) is 5.85. The monoisotopic (exact) mass is 332 g/mol. The van der Waals surface area contributed by atoms with Gasteiger partial charge in [-0.15, -0.1) is 0 Å². The van der Waals surface area contributed by atoms with Crippen molar-refractivity contribution in [3.63, 3.8) is 0 Å². The molecule has 0 aromatic heterocycles. The number of amides is 1. The van der Waals surface area contributed by atoms with E-state index in [0.717, 1.165) is 24.4 Å². The highest BCUT2D eigenvalue weighted by Gasteiger charge is 2.37. The zero-order chi connectivity index (χ0) is 17.9. The first kappa shape index (κ1) is 15.9. The van der Waals surface area contributed by atoms with E-state index in [1.54, 1.807) is 6.92 Å². The summed E-state index contributed by atoms with van der Waals surface area (Å²) in [5.41, 5.74) is 8.39. The number of nitrogens with zero attached hydrogens (tertiary/aromatic N) is 2. The van der Waals surface area contributed by atoms with Crippen LogP contribution < -0.4 is 9.80 Å². The molecule has 0 aliphatic carbocycles. The van der Waals surface area contributed by atoms with E-state index in [2.05, 4.69) is 68.8 Å². The van der Waals surface area contributed by atoms with Crippen molar-refractivity contribution >= 4 is 17.3 Å². The van der Waals surface area contributed by atoms with Gasteiger partial charge in [-0.2, -0.15) is 0 Å². The molecule has 2 aromatic rings. The Morgan fingerprint density at radius 2 is 1.72 bits per heavy atom. The number of allylic oxidation sites excluding steroid dienone is 1. The minimum absolute atomic E-state index is 0.0533. The molecule has 0 bridgehead atoms. The molecule has 4 rings (SSSR count). The smallest absolute Gasteiger partial charge is 0.223 e. The van der Waals surface area contributed by atoms with E-state index >= 15 is 0 Å². The van der Waals surface area contributed by atoms with Crippen LogP contribution in [0.2, 0.25) is 0 Å². The van der Waals surface area contributed by atoms with Crippen molar-refractivity contribution in [2.45, 2.75) is 32.6 Å². The summed E-state index contributed by atoms with van der Waals surface area (Å²) in [6.07, 6.45) is 0.929. The van der Waals surface area contributed by atoms with Crippen LogP contribution in [0, 0.1) is 0 Å². The summed E-state index contributed by atoms with van der Waals surface area (Å²) in [6.45, 7) is 11.1. The summed E-state index contributed by atoms with van der Waals surface area (Å²) in [4.78, 5) is 15.8. The first-order chi connectivity index (χ1) is 11.8. The minimum Gasteiger partial charge on any atom is -0.348 e. The lowest BCUT2D eigenvalue weighted by Crippen LogP contribution is -2.25. The van der Waals surface area contributed by atoms with Gasteiger partial charge in [0, 0.05) is 43.0 Å². The zero-order valence-electron chi connectivity index (χ0n) is 15.4. The predicted molar refractivity (Wildman–Crippen MR) is 104 cm³/mol. The number of carbonyl (C=O) groups excluding carboxylic acids is 1. The van der Waals surface area contributed by atoms with Gasteiger partial charge in [0.25, 0.3) is 0 Å².